The van der Waals surface area contributed by atoms with E-state index < -0.39 is 17.9 Å². The number of unbranched alkanes of at least 4 members (excludes halogenated alkanes) is 1. The Kier molecular flexibility index (Phi) is 6.80. The average Bonchev–Trinajstić information content (AvgIpc) is 2.47. The molecular weight excluding hydrogens is 274 g/mol. The van der Waals surface area contributed by atoms with E-state index in [4.69, 9.17) is 4.74 Å². The highest BCUT2D eigenvalue weighted by Crippen LogP contribution is 2.04. The fraction of sp³-hybridized carbons (Fsp3) is 0.333. The average molecular weight is 291 g/mol. The van der Waals surface area contributed by atoms with E-state index in [2.05, 4.69) is 16.3 Å². The van der Waals surface area contributed by atoms with Gasteiger partial charge < -0.3 is 9.47 Å². The lowest BCUT2D eigenvalue weighted by molar-refractivity contribution is -0.139. The third-order valence-corrected chi connectivity index (χ3v) is 2.46. The van der Waals surface area contributed by atoms with Crippen LogP contribution >= 0.6 is 0 Å². The molecule has 0 atom stereocenters. The maximum atomic E-state index is 11.5. The number of aromatic nitrogens is 1. The predicted octanol–water partition coefficient (Wildman–Crippen LogP) is 2.05. The van der Waals surface area contributed by atoms with Gasteiger partial charge in [-0.1, -0.05) is 6.58 Å². The van der Waals surface area contributed by atoms with E-state index in [9.17, 15) is 14.4 Å². The molecule has 1 aromatic heterocycles. The minimum atomic E-state index is -0.721. The summed E-state index contributed by atoms with van der Waals surface area (Å²) in [7, 11) is 0. The number of esters is 3. The molecule has 21 heavy (non-hydrogen) atoms. The molecular formula is C15H17NO5. The summed E-state index contributed by atoms with van der Waals surface area (Å²) >= 11 is 0. The molecule has 0 aliphatic heterocycles. The van der Waals surface area contributed by atoms with Crippen molar-refractivity contribution in [2.24, 2.45) is 0 Å². The number of ether oxygens (including phenoxy) is 2. The molecule has 1 rings (SSSR count). The van der Waals surface area contributed by atoms with Crippen LogP contribution in [0.5, 0.6) is 0 Å². The number of pyridine rings is 1. The molecule has 0 radical (unpaired) electrons. The molecule has 0 unspecified atom stereocenters. The quantitative estimate of drug-likeness (QED) is 0.331. The van der Waals surface area contributed by atoms with Crippen LogP contribution in [0.1, 0.15) is 36.5 Å². The van der Waals surface area contributed by atoms with Gasteiger partial charge in [0.15, 0.2) is 0 Å². The number of nitrogens with zero attached hydrogens (tertiary/aromatic N) is 1. The maximum Gasteiger partial charge on any atom is 0.347 e. The highest BCUT2D eigenvalue weighted by Gasteiger charge is 2.12. The lowest BCUT2D eigenvalue weighted by Gasteiger charge is -2.04. The summed E-state index contributed by atoms with van der Waals surface area (Å²) in [6.07, 6.45) is 3.89. The largest absolute Gasteiger partial charge is 0.462 e. The fourth-order valence-electron chi connectivity index (χ4n) is 1.36. The van der Waals surface area contributed by atoms with Crippen LogP contribution in [0.15, 0.2) is 36.7 Å². The van der Waals surface area contributed by atoms with E-state index in [1.54, 1.807) is 13.0 Å². The van der Waals surface area contributed by atoms with Gasteiger partial charge in [0.2, 0.25) is 0 Å². The first-order valence-electron chi connectivity index (χ1n) is 6.48. The summed E-state index contributed by atoms with van der Waals surface area (Å²) in [6, 6.07) is 3.09. The van der Waals surface area contributed by atoms with Crippen LogP contribution in [0.25, 0.3) is 0 Å². The molecule has 6 heteroatoms. The SMILES string of the molecule is C=C(C)C(=O)OCCCCC(=O)OC(=O)c1cccnc1. The first kappa shape index (κ1) is 16.6. The molecule has 112 valence electrons. The Hall–Kier alpha value is -2.50. The van der Waals surface area contributed by atoms with Crippen molar-refractivity contribution in [3.05, 3.63) is 42.2 Å². The number of carbonyl (C=O) groups is 3. The molecule has 0 N–H and O–H groups in total. The number of hydrogen-bond acceptors (Lipinski definition) is 6. The second kappa shape index (κ2) is 8.63. The standard InChI is InChI=1S/C15H17NO5/c1-11(2)14(18)20-9-4-3-7-13(17)21-15(19)12-6-5-8-16-10-12/h5-6,8,10H,1,3-4,7,9H2,2H3. The summed E-state index contributed by atoms with van der Waals surface area (Å²) in [4.78, 5) is 37.8. The molecule has 0 fully saturated rings. The highest BCUT2D eigenvalue weighted by molar-refractivity contribution is 5.96. The topological polar surface area (TPSA) is 82.6 Å². The van der Waals surface area contributed by atoms with Crippen LogP contribution < -0.4 is 0 Å². The van der Waals surface area contributed by atoms with Crippen molar-refractivity contribution in [3.8, 4) is 0 Å². The second-order valence-corrected chi connectivity index (χ2v) is 4.38. The predicted molar refractivity (Wildman–Crippen MR) is 74.3 cm³/mol. The van der Waals surface area contributed by atoms with E-state index in [-0.39, 0.29) is 18.6 Å². The van der Waals surface area contributed by atoms with E-state index >= 15 is 0 Å². The van der Waals surface area contributed by atoms with Gasteiger partial charge in [0, 0.05) is 24.4 Å². The first-order valence-corrected chi connectivity index (χ1v) is 6.48. The van der Waals surface area contributed by atoms with Crippen LogP contribution in [-0.2, 0) is 19.1 Å². The van der Waals surface area contributed by atoms with Crippen molar-refractivity contribution in [1.29, 1.82) is 0 Å². The fourth-order valence-corrected chi connectivity index (χ4v) is 1.36. The Bertz CT molecular complexity index is 524. The molecule has 0 aliphatic carbocycles. The molecule has 1 heterocycles. The van der Waals surface area contributed by atoms with Crippen molar-refractivity contribution >= 4 is 17.9 Å². The number of rotatable bonds is 7. The zero-order valence-electron chi connectivity index (χ0n) is 11.8. The van der Waals surface area contributed by atoms with E-state index in [1.165, 1.54) is 18.5 Å². The van der Waals surface area contributed by atoms with Crippen LogP contribution in [0.4, 0.5) is 0 Å². The van der Waals surface area contributed by atoms with Crippen molar-refractivity contribution in [1.82, 2.24) is 4.98 Å². The third kappa shape index (κ3) is 6.47. The molecule has 1 aromatic rings. The summed E-state index contributed by atoms with van der Waals surface area (Å²) in [6.45, 7) is 5.22. The molecule has 0 bridgehead atoms. The van der Waals surface area contributed by atoms with Crippen molar-refractivity contribution < 1.29 is 23.9 Å². The van der Waals surface area contributed by atoms with Gasteiger partial charge in [0.1, 0.15) is 0 Å². The molecule has 0 spiro atoms. The minimum absolute atomic E-state index is 0.0800. The maximum absolute atomic E-state index is 11.5. The van der Waals surface area contributed by atoms with E-state index in [0.29, 0.717) is 18.4 Å². The van der Waals surface area contributed by atoms with Crippen LogP contribution in [-0.4, -0.2) is 29.5 Å². The summed E-state index contributed by atoms with van der Waals surface area (Å²) in [5.74, 6) is -1.79. The summed E-state index contributed by atoms with van der Waals surface area (Å²) in [5.41, 5.74) is 0.553. The zero-order valence-corrected chi connectivity index (χ0v) is 11.8. The Morgan fingerprint density at radius 2 is 2.05 bits per heavy atom. The van der Waals surface area contributed by atoms with Gasteiger partial charge in [0.25, 0.3) is 0 Å². The van der Waals surface area contributed by atoms with Crippen LogP contribution in [0.2, 0.25) is 0 Å². The Labute approximate surface area is 122 Å². The first-order chi connectivity index (χ1) is 10.0. The monoisotopic (exact) mass is 291 g/mol. The van der Waals surface area contributed by atoms with Gasteiger partial charge in [-0.05, 0) is 31.9 Å². The summed E-state index contributed by atoms with van der Waals surface area (Å²) in [5, 5.41) is 0. The molecule has 0 saturated heterocycles. The zero-order chi connectivity index (χ0) is 15.7. The lowest BCUT2D eigenvalue weighted by atomic mass is 10.2. The van der Waals surface area contributed by atoms with Gasteiger partial charge in [-0.25, -0.2) is 9.59 Å². The lowest BCUT2D eigenvalue weighted by Crippen LogP contribution is -2.13. The van der Waals surface area contributed by atoms with Gasteiger partial charge in [-0.3, -0.25) is 9.78 Å². The third-order valence-electron chi connectivity index (χ3n) is 2.46. The second-order valence-electron chi connectivity index (χ2n) is 4.38. The van der Waals surface area contributed by atoms with Gasteiger partial charge in [0.05, 0.1) is 12.2 Å². The molecule has 0 saturated carbocycles. The number of hydrogen-bond donors (Lipinski definition) is 0. The highest BCUT2D eigenvalue weighted by atomic mass is 16.6. The molecule has 6 nitrogen and oxygen atoms in total. The molecule has 0 aromatic carbocycles. The van der Waals surface area contributed by atoms with Gasteiger partial charge in [-0.15, -0.1) is 0 Å². The van der Waals surface area contributed by atoms with Gasteiger partial charge >= 0.3 is 17.9 Å². The van der Waals surface area contributed by atoms with Crippen molar-refractivity contribution in [2.45, 2.75) is 26.2 Å². The molecule has 0 aliphatic rings. The van der Waals surface area contributed by atoms with E-state index in [0.717, 1.165) is 0 Å². The van der Waals surface area contributed by atoms with Crippen molar-refractivity contribution in [2.75, 3.05) is 6.61 Å². The Morgan fingerprint density at radius 3 is 2.67 bits per heavy atom. The normalized spacial score (nSPS) is 9.76. The van der Waals surface area contributed by atoms with Crippen molar-refractivity contribution in [3.63, 3.8) is 0 Å². The smallest absolute Gasteiger partial charge is 0.347 e. The van der Waals surface area contributed by atoms with Crippen LogP contribution in [0.3, 0.4) is 0 Å². The van der Waals surface area contributed by atoms with E-state index in [1.807, 2.05) is 0 Å². The Balaban J connectivity index is 2.19. The Morgan fingerprint density at radius 1 is 1.29 bits per heavy atom. The molecule has 0 amide bonds. The minimum Gasteiger partial charge on any atom is -0.462 e. The van der Waals surface area contributed by atoms with Crippen LogP contribution in [0, 0.1) is 0 Å². The summed E-state index contributed by atoms with van der Waals surface area (Å²) < 4.78 is 9.53. The van der Waals surface area contributed by atoms with Gasteiger partial charge in [-0.2, -0.15) is 0 Å². The number of carbonyl (C=O) groups excluding carboxylic acids is 3.